The maximum absolute atomic E-state index is 13.1. The molecule has 180 valence electrons. The van der Waals surface area contributed by atoms with E-state index in [0.29, 0.717) is 23.7 Å². The van der Waals surface area contributed by atoms with Gasteiger partial charge in [0.15, 0.2) is 5.82 Å². The van der Waals surface area contributed by atoms with Crippen molar-refractivity contribution in [2.24, 2.45) is 0 Å². The molecule has 2 N–H and O–H groups in total. The maximum Gasteiger partial charge on any atom is 0.255 e. The summed E-state index contributed by atoms with van der Waals surface area (Å²) in [5.74, 6) is 0.749. The van der Waals surface area contributed by atoms with Crippen molar-refractivity contribution in [3.63, 3.8) is 0 Å². The van der Waals surface area contributed by atoms with Crippen LogP contribution in [0.2, 0.25) is 0 Å². The second-order valence-electron chi connectivity index (χ2n) is 9.07. The van der Waals surface area contributed by atoms with E-state index < -0.39 is 0 Å². The standard InChI is InChI=1S/C26H27FN6O2/c1-16(2)33-22-15-29-26(31-23(22)32-13-3-4-21(32)25(33)35)28-14-17-5-11-20(12-6-17)30-24(34)18-7-9-19(27)10-8-18/h5-12,15-16,21H,3-4,13-14H2,1-2H3,(H,30,34)(H,28,29,31)/t21-/m0/s1. The SMILES string of the molecule is CC(C)N1C(=O)[C@@H]2CCCN2c2nc(NCc3ccc(NC(=O)c4ccc(F)cc4)cc3)ncc21. The van der Waals surface area contributed by atoms with Gasteiger partial charge in [-0.2, -0.15) is 4.98 Å². The normalized spacial score (nSPS) is 16.8. The Hall–Kier alpha value is -4.01. The van der Waals surface area contributed by atoms with Crippen LogP contribution in [0.1, 0.15) is 42.6 Å². The van der Waals surface area contributed by atoms with Gasteiger partial charge in [-0.1, -0.05) is 12.1 Å². The minimum absolute atomic E-state index is 0.0356. The van der Waals surface area contributed by atoms with Crippen molar-refractivity contribution in [2.75, 3.05) is 27.0 Å². The molecule has 0 bridgehead atoms. The number of amides is 2. The van der Waals surface area contributed by atoms with E-state index in [1.807, 2.05) is 43.0 Å². The summed E-state index contributed by atoms with van der Waals surface area (Å²) in [6.45, 7) is 5.33. The fraction of sp³-hybridized carbons (Fsp3) is 0.308. The molecule has 3 aromatic rings. The van der Waals surface area contributed by atoms with E-state index in [0.717, 1.165) is 36.5 Å². The van der Waals surface area contributed by atoms with E-state index in [1.165, 1.54) is 24.3 Å². The Labute approximate surface area is 203 Å². The largest absolute Gasteiger partial charge is 0.350 e. The molecule has 0 aliphatic carbocycles. The molecule has 1 saturated heterocycles. The Bertz CT molecular complexity index is 1250. The molecule has 1 aromatic heterocycles. The number of carbonyl (C=O) groups excluding carboxylic acids is 2. The van der Waals surface area contributed by atoms with Gasteiger partial charge in [-0.05, 0) is 68.7 Å². The highest BCUT2D eigenvalue weighted by Gasteiger charge is 2.42. The molecular formula is C26H27FN6O2. The quantitative estimate of drug-likeness (QED) is 0.557. The molecule has 8 nitrogen and oxygen atoms in total. The molecule has 0 unspecified atom stereocenters. The highest BCUT2D eigenvalue weighted by molar-refractivity contribution is 6.05. The number of benzene rings is 2. The third kappa shape index (κ3) is 4.53. The average Bonchev–Trinajstić information content (AvgIpc) is 3.35. The van der Waals surface area contributed by atoms with Gasteiger partial charge in [-0.15, -0.1) is 0 Å². The van der Waals surface area contributed by atoms with Gasteiger partial charge in [0.05, 0.1) is 6.20 Å². The number of anilines is 4. The van der Waals surface area contributed by atoms with Gasteiger partial charge in [0.2, 0.25) is 11.9 Å². The van der Waals surface area contributed by atoms with Crippen LogP contribution in [0.15, 0.2) is 54.7 Å². The summed E-state index contributed by atoms with van der Waals surface area (Å²) in [5.41, 5.74) is 2.78. The minimum atomic E-state index is -0.382. The van der Waals surface area contributed by atoms with E-state index >= 15 is 0 Å². The summed E-state index contributed by atoms with van der Waals surface area (Å²) in [6, 6.07) is 12.7. The van der Waals surface area contributed by atoms with Gasteiger partial charge in [-0.3, -0.25) is 9.59 Å². The molecule has 0 spiro atoms. The predicted molar refractivity (Wildman–Crippen MR) is 133 cm³/mol. The Morgan fingerprint density at radius 3 is 2.60 bits per heavy atom. The molecule has 2 amide bonds. The van der Waals surface area contributed by atoms with Gasteiger partial charge in [0.25, 0.3) is 5.91 Å². The summed E-state index contributed by atoms with van der Waals surface area (Å²) in [4.78, 5) is 38.4. The van der Waals surface area contributed by atoms with Crippen LogP contribution in [0, 0.1) is 5.82 Å². The van der Waals surface area contributed by atoms with Gasteiger partial charge >= 0.3 is 0 Å². The molecule has 2 aromatic carbocycles. The van der Waals surface area contributed by atoms with E-state index in [4.69, 9.17) is 4.98 Å². The minimum Gasteiger partial charge on any atom is -0.350 e. The number of nitrogens with zero attached hydrogens (tertiary/aromatic N) is 4. The Balaban J connectivity index is 1.25. The summed E-state index contributed by atoms with van der Waals surface area (Å²) in [5, 5.41) is 6.07. The van der Waals surface area contributed by atoms with Crippen LogP contribution >= 0.6 is 0 Å². The molecule has 0 radical (unpaired) electrons. The number of hydrogen-bond donors (Lipinski definition) is 2. The Morgan fingerprint density at radius 1 is 1.14 bits per heavy atom. The van der Waals surface area contributed by atoms with Crippen molar-refractivity contribution in [3.8, 4) is 0 Å². The average molecular weight is 475 g/mol. The Morgan fingerprint density at radius 2 is 1.89 bits per heavy atom. The first kappa shape index (κ1) is 22.8. The molecule has 9 heteroatoms. The number of halogens is 1. The maximum atomic E-state index is 13.1. The van der Waals surface area contributed by atoms with Crippen LogP contribution < -0.4 is 20.4 Å². The van der Waals surface area contributed by atoms with Crippen molar-refractivity contribution in [3.05, 3.63) is 71.7 Å². The van der Waals surface area contributed by atoms with Gasteiger partial charge in [-0.25, -0.2) is 9.37 Å². The Kier molecular flexibility index (Phi) is 6.07. The van der Waals surface area contributed by atoms with Gasteiger partial charge < -0.3 is 20.4 Å². The number of rotatable bonds is 6. The highest BCUT2D eigenvalue weighted by Crippen LogP contribution is 2.39. The highest BCUT2D eigenvalue weighted by atomic mass is 19.1. The summed E-state index contributed by atoms with van der Waals surface area (Å²) in [6.07, 6.45) is 3.54. The molecular weight excluding hydrogens is 447 g/mol. The first-order valence-corrected chi connectivity index (χ1v) is 11.8. The van der Waals surface area contributed by atoms with E-state index in [9.17, 15) is 14.0 Å². The third-order valence-corrected chi connectivity index (χ3v) is 6.34. The summed E-state index contributed by atoms with van der Waals surface area (Å²) < 4.78 is 13.1. The molecule has 1 fully saturated rings. The zero-order chi connectivity index (χ0) is 24.5. The van der Waals surface area contributed by atoms with Crippen LogP contribution in [0.25, 0.3) is 0 Å². The topological polar surface area (TPSA) is 90.5 Å². The monoisotopic (exact) mass is 474 g/mol. The zero-order valence-electron chi connectivity index (χ0n) is 19.7. The second kappa shape index (κ2) is 9.32. The number of fused-ring (bicyclic) bond motifs is 3. The molecule has 5 rings (SSSR count). The number of hydrogen-bond acceptors (Lipinski definition) is 6. The summed E-state index contributed by atoms with van der Waals surface area (Å²) >= 11 is 0. The third-order valence-electron chi connectivity index (χ3n) is 6.34. The van der Waals surface area contributed by atoms with Crippen LogP contribution in [-0.2, 0) is 11.3 Å². The number of nitrogens with one attached hydrogen (secondary N) is 2. The van der Waals surface area contributed by atoms with Crippen LogP contribution in [0.4, 0.5) is 27.5 Å². The summed E-state index contributed by atoms with van der Waals surface area (Å²) in [7, 11) is 0. The second-order valence-corrected chi connectivity index (χ2v) is 9.07. The van der Waals surface area contributed by atoms with Gasteiger partial charge in [0, 0.05) is 30.4 Å². The van der Waals surface area contributed by atoms with Crippen molar-refractivity contribution in [1.82, 2.24) is 9.97 Å². The predicted octanol–water partition coefficient (Wildman–Crippen LogP) is 4.20. The fourth-order valence-electron chi connectivity index (χ4n) is 4.61. The van der Waals surface area contributed by atoms with Crippen molar-refractivity contribution in [1.29, 1.82) is 0 Å². The lowest BCUT2D eigenvalue weighted by atomic mass is 10.1. The molecule has 2 aliphatic rings. The smallest absolute Gasteiger partial charge is 0.255 e. The number of carbonyl (C=O) groups is 2. The van der Waals surface area contributed by atoms with Crippen molar-refractivity contribution < 1.29 is 14.0 Å². The lowest BCUT2D eigenvalue weighted by molar-refractivity contribution is -0.120. The fourth-order valence-corrected chi connectivity index (χ4v) is 4.61. The van der Waals surface area contributed by atoms with Crippen molar-refractivity contribution >= 4 is 35.0 Å². The zero-order valence-corrected chi connectivity index (χ0v) is 19.7. The molecule has 0 saturated carbocycles. The number of aromatic nitrogens is 2. The van der Waals surface area contributed by atoms with E-state index in [-0.39, 0.29) is 29.7 Å². The molecule has 2 aliphatic heterocycles. The molecule has 35 heavy (non-hydrogen) atoms. The van der Waals surface area contributed by atoms with E-state index in [1.54, 1.807) is 6.20 Å². The van der Waals surface area contributed by atoms with Crippen LogP contribution in [0.5, 0.6) is 0 Å². The lowest BCUT2D eigenvalue weighted by Crippen LogP contribution is -2.53. The van der Waals surface area contributed by atoms with Gasteiger partial charge in [0.1, 0.15) is 17.5 Å². The van der Waals surface area contributed by atoms with Crippen LogP contribution in [-0.4, -0.2) is 40.4 Å². The first-order valence-electron chi connectivity index (χ1n) is 11.8. The molecule has 3 heterocycles. The molecule has 1 atom stereocenters. The van der Waals surface area contributed by atoms with E-state index in [2.05, 4.69) is 20.5 Å². The first-order chi connectivity index (χ1) is 16.9. The lowest BCUT2D eigenvalue weighted by Gasteiger charge is -2.40. The van der Waals surface area contributed by atoms with Crippen molar-refractivity contribution in [2.45, 2.75) is 45.3 Å². The van der Waals surface area contributed by atoms with Crippen LogP contribution in [0.3, 0.4) is 0 Å².